The first kappa shape index (κ1) is 22.8. The minimum Gasteiger partial charge on any atom is -0.493 e. The zero-order chi connectivity index (χ0) is 21.4. The largest absolute Gasteiger partial charge is 0.493 e. The second-order valence-corrected chi connectivity index (χ2v) is 6.75. The number of amides is 1. The van der Waals surface area contributed by atoms with Crippen molar-refractivity contribution in [2.24, 2.45) is 0 Å². The number of ether oxygens (including phenoxy) is 3. The van der Waals surface area contributed by atoms with E-state index in [1.807, 2.05) is 25.1 Å². The molecule has 0 heterocycles. The van der Waals surface area contributed by atoms with Crippen LogP contribution in [0.25, 0.3) is 5.57 Å². The van der Waals surface area contributed by atoms with E-state index >= 15 is 0 Å². The van der Waals surface area contributed by atoms with Crippen molar-refractivity contribution >= 4 is 20.5 Å². The second kappa shape index (κ2) is 10.9. The van der Waals surface area contributed by atoms with E-state index in [9.17, 15) is 4.79 Å². The summed E-state index contributed by atoms with van der Waals surface area (Å²) in [5.74, 6) is 2.09. The zero-order valence-electron chi connectivity index (χ0n) is 17.4. The highest BCUT2D eigenvalue weighted by molar-refractivity contribution is 7.25. The lowest BCUT2D eigenvalue weighted by molar-refractivity contribution is -0.119. The highest BCUT2D eigenvalue weighted by Gasteiger charge is 2.25. The van der Waals surface area contributed by atoms with E-state index < -0.39 is 9.03 Å². The third-order valence-electron chi connectivity index (χ3n) is 4.57. The summed E-state index contributed by atoms with van der Waals surface area (Å²) in [6.07, 6.45) is 8.85. The Labute approximate surface area is 173 Å². The predicted molar refractivity (Wildman–Crippen MR) is 115 cm³/mol. The molecule has 2 unspecified atom stereocenters. The standard InChI is InChI=1S/C21H28NO6P/c1-6-17(28-29-24)10-8-14-11-16(22-13(2)23)9-7-15-12-18(25-3)20(26-4)21(27-5)19(14)15/h6,8,10-12,16,24,29H,7,9H2,1-5H3,(H,22,23)/b10-8-,17-6+. The van der Waals surface area contributed by atoms with Crippen molar-refractivity contribution in [2.45, 2.75) is 32.7 Å². The molecule has 8 heteroatoms. The normalized spacial score (nSPS) is 17.0. The van der Waals surface area contributed by atoms with Gasteiger partial charge in [0.1, 0.15) is 5.76 Å². The van der Waals surface area contributed by atoms with Gasteiger partial charge in [0.2, 0.25) is 20.7 Å². The van der Waals surface area contributed by atoms with Crippen LogP contribution in [0.1, 0.15) is 31.4 Å². The Balaban J connectivity index is 2.66. The van der Waals surface area contributed by atoms with E-state index in [4.69, 9.17) is 23.6 Å². The highest BCUT2D eigenvalue weighted by atomic mass is 31.1. The Kier molecular flexibility index (Phi) is 8.55. The summed E-state index contributed by atoms with van der Waals surface area (Å²) in [5, 5.41) is 2.97. The van der Waals surface area contributed by atoms with Gasteiger partial charge >= 0.3 is 0 Å². The van der Waals surface area contributed by atoms with Crippen LogP contribution < -0.4 is 19.5 Å². The van der Waals surface area contributed by atoms with Crippen molar-refractivity contribution < 1.29 is 28.4 Å². The van der Waals surface area contributed by atoms with E-state index in [1.54, 1.807) is 33.5 Å². The molecule has 1 aliphatic rings. The maximum Gasteiger partial charge on any atom is 0.217 e. The third kappa shape index (κ3) is 5.52. The van der Waals surface area contributed by atoms with Crippen LogP contribution in [0.2, 0.25) is 0 Å². The van der Waals surface area contributed by atoms with Gasteiger partial charge in [-0.3, -0.25) is 4.79 Å². The Morgan fingerprint density at radius 2 is 1.97 bits per heavy atom. The van der Waals surface area contributed by atoms with Gasteiger partial charge in [-0.15, -0.1) is 0 Å². The minimum atomic E-state index is -0.646. The molecule has 0 spiro atoms. The number of allylic oxidation sites excluding steroid dienone is 4. The molecule has 1 amide bonds. The number of fused-ring (bicyclic) bond motifs is 1. The molecular weight excluding hydrogens is 393 g/mol. The number of aryl methyl sites for hydroxylation is 1. The van der Waals surface area contributed by atoms with E-state index in [0.717, 1.165) is 29.5 Å². The Bertz CT molecular complexity index is 831. The number of methoxy groups -OCH3 is 3. The molecule has 0 saturated heterocycles. The van der Waals surface area contributed by atoms with Crippen LogP contribution in [0.5, 0.6) is 17.2 Å². The minimum absolute atomic E-state index is 0.0957. The van der Waals surface area contributed by atoms with Gasteiger partial charge in [-0.2, -0.15) is 0 Å². The molecule has 1 aromatic carbocycles. The third-order valence-corrected chi connectivity index (χ3v) is 4.90. The molecule has 29 heavy (non-hydrogen) atoms. The number of hydrogen-bond acceptors (Lipinski definition) is 6. The quantitative estimate of drug-likeness (QED) is 0.380. The number of carbonyl (C=O) groups is 1. The van der Waals surface area contributed by atoms with Crippen LogP contribution in [0.3, 0.4) is 0 Å². The first-order chi connectivity index (χ1) is 14.0. The molecule has 2 N–H and O–H groups in total. The summed E-state index contributed by atoms with van der Waals surface area (Å²) < 4.78 is 22.0. The molecule has 0 bridgehead atoms. The highest BCUT2D eigenvalue weighted by Crippen LogP contribution is 2.46. The summed E-state index contributed by atoms with van der Waals surface area (Å²) in [6, 6.07) is 1.80. The number of carbonyl (C=O) groups excluding carboxylic acids is 1. The number of nitrogens with one attached hydrogen (secondary N) is 1. The first-order valence-electron chi connectivity index (χ1n) is 9.20. The van der Waals surface area contributed by atoms with Gasteiger partial charge in [0.15, 0.2) is 11.5 Å². The second-order valence-electron chi connectivity index (χ2n) is 6.36. The molecule has 0 aliphatic heterocycles. The van der Waals surface area contributed by atoms with Gasteiger partial charge < -0.3 is 28.9 Å². The van der Waals surface area contributed by atoms with Gasteiger partial charge in [0.25, 0.3) is 0 Å². The molecule has 0 fully saturated rings. The van der Waals surface area contributed by atoms with Crippen LogP contribution in [0.15, 0.2) is 36.1 Å². The van der Waals surface area contributed by atoms with Crippen molar-refractivity contribution in [1.29, 1.82) is 0 Å². The molecule has 7 nitrogen and oxygen atoms in total. The zero-order valence-corrected chi connectivity index (χ0v) is 18.4. The monoisotopic (exact) mass is 421 g/mol. The average molecular weight is 421 g/mol. The topological polar surface area (TPSA) is 86.3 Å². The van der Waals surface area contributed by atoms with Crippen LogP contribution >= 0.6 is 9.03 Å². The van der Waals surface area contributed by atoms with Gasteiger partial charge in [0.05, 0.1) is 21.3 Å². The van der Waals surface area contributed by atoms with Crippen molar-refractivity contribution in [3.8, 4) is 17.2 Å². The summed E-state index contributed by atoms with van der Waals surface area (Å²) in [6.45, 7) is 3.33. The number of benzene rings is 1. The summed E-state index contributed by atoms with van der Waals surface area (Å²) in [7, 11) is 4.09. The summed E-state index contributed by atoms with van der Waals surface area (Å²) >= 11 is 0. The Morgan fingerprint density at radius 1 is 1.24 bits per heavy atom. The molecule has 0 radical (unpaired) electrons. The molecule has 1 aliphatic carbocycles. The fourth-order valence-electron chi connectivity index (χ4n) is 3.34. The van der Waals surface area contributed by atoms with Crippen LogP contribution in [-0.4, -0.2) is 38.2 Å². The van der Waals surface area contributed by atoms with E-state index in [0.29, 0.717) is 23.0 Å². The summed E-state index contributed by atoms with van der Waals surface area (Å²) in [4.78, 5) is 20.7. The van der Waals surface area contributed by atoms with Crippen LogP contribution in [0.4, 0.5) is 0 Å². The Morgan fingerprint density at radius 3 is 2.52 bits per heavy atom. The van der Waals surface area contributed by atoms with Crippen molar-refractivity contribution in [3.63, 3.8) is 0 Å². The van der Waals surface area contributed by atoms with Gasteiger partial charge in [0, 0.05) is 18.5 Å². The SMILES string of the molecule is C/C=C(\C=C/C1=CC(NC(C)=O)CCc2cc(OC)c(OC)c(OC)c21)OPO. The van der Waals surface area contributed by atoms with Gasteiger partial charge in [-0.05, 0) is 49.1 Å². The molecule has 0 saturated carbocycles. The average Bonchev–Trinajstić information content (AvgIpc) is 2.88. The van der Waals surface area contributed by atoms with Gasteiger partial charge in [-0.1, -0.05) is 12.2 Å². The van der Waals surface area contributed by atoms with Crippen LogP contribution in [0, 0.1) is 0 Å². The van der Waals surface area contributed by atoms with E-state index in [2.05, 4.69) is 5.32 Å². The van der Waals surface area contributed by atoms with Crippen molar-refractivity contribution in [1.82, 2.24) is 5.32 Å². The molecule has 158 valence electrons. The molecule has 1 aromatic rings. The lowest BCUT2D eigenvalue weighted by atomic mass is 9.96. The lowest BCUT2D eigenvalue weighted by Gasteiger charge is -2.19. The van der Waals surface area contributed by atoms with Crippen molar-refractivity contribution in [2.75, 3.05) is 21.3 Å². The molecule has 0 aromatic heterocycles. The van der Waals surface area contributed by atoms with Crippen molar-refractivity contribution in [3.05, 3.63) is 47.3 Å². The lowest BCUT2D eigenvalue weighted by Crippen LogP contribution is -2.31. The Hall–Kier alpha value is -2.50. The maximum absolute atomic E-state index is 11.6. The maximum atomic E-state index is 11.6. The summed E-state index contributed by atoms with van der Waals surface area (Å²) in [5.41, 5.74) is 2.74. The van der Waals surface area contributed by atoms with E-state index in [1.165, 1.54) is 6.92 Å². The molecule has 2 atom stereocenters. The number of hydrogen-bond donors (Lipinski definition) is 2. The smallest absolute Gasteiger partial charge is 0.217 e. The van der Waals surface area contributed by atoms with E-state index in [-0.39, 0.29) is 11.9 Å². The number of rotatable bonds is 8. The first-order valence-corrected chi connectivity index (χ1v) is 10.1. The fraction of sp³-hybridized carbons (Fsp3) is 0.381. The fourth-order valence-corrected chi connectivity index (χ4v) is 3.63. The van der Waals surface area contributed by atoms with Crippen LogP contribution in [-0.2, 0) is 15.7 Å². The molecule has 2 rings (SSSR count). The van der Waals surface area contributed by atoms with Gasteiger partial charge in [-0.25, -0.2) is 0 Å². The predicted octanol–water partition coefficient (Wildman–Crippen LogP) is 3.52. The molecular formula is C21H28NO6P.